The maximum absolute atomic E-state index is 7.13. The molecule has 1 atom stereocenters. The Kier molecular flexibility index (Phi) is 8.04. The summed E-state index contributed by atoms with van der Waals surface area (Å²) < 4.78 is 0. The van der Waals surface area contributed by atoms with Crippen molar-refractivity contribution in [3.05, 3.63) is 85.5 Å². The molecule has 1 fully saturated rings. The molecular weight excluding hydrogens is 542 g/mol. The fraction of sp³-hybridized carbons (Fsp3) is 0.636. The highest BCUT2D eigenvalue weighted by molar-refractivity contribution is 5.66. The van der Waals surface area contributed by atoms with Crippen LogP contribution in [0, 0.1) is 49.4 Å². The third-order valence-electron chi connectivity index (χ3n) is 13.9. The molecule has 0 aromatic heterocycles. The minimum absolute atomic E-state index is 0.0866. The van der Waals surface area contributed by atoms with Crippen molar-refractivity contribution < 1.29 is 0 Å². The van der Waals surface area contributed by atoms with E-state index in [4.69, 9.17) is 5.73 Å². The lowest BCUT2D eigenvalue weighted by Crippen LogP contribution is -2.33. The lowest BCUT2D eigenvalue weighted by molar-refractivity contribution is 0.114. The van der Waals surface area contributed by atoms with Crippen LogP contribution in [-0.4, -0.2) is 0 Å². The van der Waals surface area contributed by atoms with Crippen LogP contribution in [-0.2, 0) is 23.7 Å². The number of allylic oxidation sites excluding steroid dienone is 4. The summed E-state index contributed by atoms with van der Waals surface area (Å²) in [5.41, 5.74) is 25.5. The Bertz CT molecular complexity index is 1600. The van der Waals surface area contributed by atoms with Crippen LogP contribution in [0.15, 0.2) is 35.4 Å². The number of fused-ring (bicyclic) bond motifs is 4. The van der Waals surface area contributed by atoms with Crippen LogP contribution in [0.1, 0.15) is 158 Å². The molecule has 5 rings (SSSR count). The summed E-state index contributed by atoms with van der Waals surface area (Å²) >= 11 is 0. The Balaban J connectivity index is 1.64. The fourth-order valence-corrected chi connectivity index (χ4v) is 9.34. The molecule has 0 amide bonds. The van der Waals surface area contributed by atoms with Crippen molar-refractivity contribution in [1.82, 2.24) is 0 Å². The maximum atomic E-state index is 7.13. The van der Waals surface area contributed by atoms with Gasteiger partial charge in [0.05, 0.1) is 0 Å². The van der Waals surface area contributed by atoms with Gasteiger partial charge in [-0.15, -0.1) is 0 Å². The van der Waals surface area contributed by atoms with Gasteiger partial charge in [-0.3, -0.25) is 0 Å². The molecule has 1 saturated carbocycles. The van der Waals surface area contributed by atoms with Gasteiger partial charge in [0.1, 0.15) is 0 Å². The summed E-state index contributed by atoms with van der Waals surface area (Å²) in [6.07, 6.45) is 13.1. The summed E-state index contributed by atoms with van der Waals surface area (Å²) in [6, 6.07) is 5.22. The molecule has 3 aliphatic rings. The average molecular weight is 608 g/mol. The van der Waals surface area contributed by atoms with Crippen LogP contribution in [0.4, 0.5) is 5.69 Å². The fourth-order valence-electron chi connectivity index (χ4n) is 9.34. The number of hydrogen-bond donors (Lipinski definition) is 1. The molecule has 2 N–H and O–H groups in total. The maximum Gasteiger partial charge on any atom is 0.0388 e. The third kappa shape index (κ3) is 5.37. The molecule has 0 bridgehead atoms. The third-order valence-corrected chi connectivity index (χ3v) is 13.9. The molecular formula is C44H65N. The molecule has 45 heavy (non-hydrogen) atoms. The molecule has 0 aliphatic heterocycles. The van der Waals surface area contributed by atoms with Crippen LogP contribution < -0.4 is 5.73 Å². The Labute approximate surface area is 277 Å². The summed E-state index contributed by atoms with van der Waals surface area (Å²) in [5.74, 6) is 0. The van der Waals surface area contributed by atoms with Crippen LogP contribution >= 0.6 is 0 Å². The second-order valence-corrected chi connectivity index (χ2v) is 19.1. The van der Waals surface area contributed by atoms with E-state index in [9.17, 15) is 0 Å². The minimum atomic E-state index is 0.0866. The molecule has 1 heteroatoms. The molecule has 0 saturated heterocycles. The largest absolute Gasteiger partial charge is 0.398 e. The Morgan fingerprint density at radius 3 is 1.80 bits per heavy atom. The molecule has 2 aromatic rings. The van der Waals surface area contributed by atoms with Crippen LogP contribution in [0.25, 0.3) is 0 Å². The number of anilines is 1. The van der Waals surface area contributed by atoms with Crippen molar-refractivity contribution in [3.8, 4) is 0 Å². The number of nitrogen functional groups attached to an aromatic ring is 1. The van der Waals surface area contributed by atoms with E-state index in [0.717, 1.165) is 37.8 Å². The Morgan fingerprint density at radius 2 is 1.22 bits per heavy atom. The smallest absolute Gasteiger partial charge is 0.0388 e. The second kappa shape index (κ2) is 10.6. The molecule has 246 valence electrons. The zero-order chi connectivity index (χ0) is 33.7. The Hall–Kier alpha value is -2.28. The normalized spacial score (nSPS) is 24.5. The predicted molar refractivity (Wildman–Crippen MR) is 198 cm³/mol. The van der Waals surface area contributed by atoms with E-state index >= 15 is 0 Å². The van der Waals surface area contributed by atoms with E-state index in [1.54, 1.807) is 22.3 Å². The summed E-state index contributed by atoms with van der Waals surface area (Å²) in [6.45, 7) is 36.2. The molecule has 1 nitrogen and oxygen atoms in total. The van der Waals surface area contributed by atoms with Gasteiger partial charge < -0.3 is 5.73 Å². The number of nitrogens with two attached hydrogens (primary N) is 1. The first-order chi connectivity index (χ1) is 20.5. The van der Waals surface area contributed by atoms with Crippen molar-refractivity contribution >= 4 is 5.69 Å². The topological polar surface area (TPSA) is 26.0 Å². The van der Waals surface area contributed by atoms with Gasteiger partial charge in [-0.2, -0.15) is 0 Å². The highest BCUT2D eigenvalue weighted by Gasteiger charge is 2.58. The van der Waals surface area contributed by atoms with Gasteiger partial charge >= 0.3 is 0 Å². The van der Waals surface area contributed by atoms with E-state index in [1.165, 1.54) is 51.8 Å². The molecule has 3 aliphatic carbocycles. The first-order valence-corrected chi connectivity index (χ1v) is 17.9. The number of benzene rings is 2. The second-order valence-electron chi connectivity index (χ2n) is 19.1. The molecule has 1 spiro atoms. The van der Waals surface area contributed by atoms with E-state index in [1.807, 2.05) is 0 Å². The first kappa shape index (κ1) is 34.1. The van der Waals surface area contributed by atoms with Crippen LogP contribution in [0.5, 0.6) is 0 Å². The molecule has 0 heterocycles. The van der Waals surface area contributed by atoms with Crippen molar-refractivity contribution in [2.45, 2.75) is 160 Å². The van der Waals surface area contributed by atoms with Gasteiger partial charge in [-0.05, 0) is 148 Å². The van der Waals surface area contributed by atoms with Crippen molar-refractivity contribution in [2.75, 3.05) is 5.73 Å². The van der Waals surface area contributed by atoms with E-state index in [0.29, 0.717) is 0 Å². The number of aryl methyl sites for hydroxylation is 1. The molecule has 1 unspecified atom stereocenters. The molecule has 2 aromatic carbocycles. The van der Waals surface area contributed by atoms with Gasteiger partial charge in [0.15, 0.2) is 0 Å². The predicted octanol–water partition coefficient (Wildman–Crippen LogP) is 12.1. The monoisotopic (exact) mass is 608 g/mol. The van der Waals surface area contributed by atoms with Crippen LogP contribution in [0.3, 0.4) is 0 Å². The van der Waals surface area contributed by atoms with Gasteiger partial charge in [0.25, 0.3) is 0 Å². The van der Waals surface area contributed by atoms with E-state index in [2.05, 4.69) is 128 Å². The van der Waals surface area contributed by atoms with Crippen molar-refractivity contribution in [1.29, 1.82) is 0 Å². The highest BCUT2D eigenvalue weighted by Crippen LogP contribution is 2.67. The zero-order valence-corrected chi connectivity index (χ0v) is 31.8. The SMILES string of the molecule is CCC(C)(C)Cc1c(C)c(C)c(C)c(Cc2cc3c(cc2C)C2(CC(C)(C)C4=CCC(C)(C)C(C)(C)CC=C42)CC3(C)C)c1N. The summed E-state index contributed by atoms with van der Waals surface area (Å²) in [7, 11) is 0. The highest BCUT2D eigenvalue weighted by atomic mass is 14.6. The Morgan fingerprint density at radius 1 is 0.689 bits per heavy atom. The molecule has 0 radical (unpaired) electrons. The van der Waals surface area contributed by atoms with Crippen LogP contribution in [0.2, 0.25) is 0 Å². The van der Waals surface area contributed by atoms with Gasteiger partial charge in [-0.25, -0.2) is 0 Å². The van der Waals surface area contributed by atoms with E-state index in [-0.39, 0.29) is 32.5 Å². The summed E-state index contributed by atoms with van der Waals surface area (Å²) in [5, 5.41) is 0. The quantitative estimate of drug-likeness (QED) is 0.336. The first-order valence-electron chi connectivity index (χ1n) is 17.9. The van der Waals surface area contributed by atoms with E-state index < -0.39 is 0 Å². The van der Waals surface area contributed by atoms with Gasteiger partial charge in [0, 0.05) is 17.5 Å². The van der Waals surface area contributed by atoms with Gasteiger partial charge in [0.2, 0.25) is 0 Å². The minimum Gasteiger partial charge on any atom is -0.398 e. The lowest BCUT2D eigenvalue weighted by Gasteiger charge is -2.43. The van der Waals surface area contributed by atoms with Crippen molar-refractivity contribution in [2.24, 2.45) is 21.7 Å². The summed E-state index contributed by atoms with van der Waals surface area (Å²) in [4.78, 5) is 0. The van der Waals surface area contributed by atoms with Crippen molar-refractivity contribution in [3.63, 3.8) is 0 Å². The zero-order valence-electron chi connectivity index (χ0n) is 31.8. The number of rotatable bonds is 5. The number of hydrogen-bond acceptors (Lipinski definition) is 1. The van der Waals surface area contributed by atoms with Gasteiger partial charge in [-0.1, -0.05) is 107 Å². The standard InChI is InChI=1S/C44H65N/c1-16-39(6,7)24-33-30(5)28(3)29(4)32(38(33)45)22-31-23-36-37(21-27(31)2)44(26-41(36,10)11)25-40(8,9)34-17-19-42(12,13)43(14,15)20-18-35(34)44/h17-18,21,23H,16,19-20,22,24-26,45H2,1-15H3. The average Bonchev–Trinajstić information content (AvgIpc) is 3.27. The lowest BCUT2D eigenvalue weighted by atomic mass is 9.62.